The monoisotopic (exact) mass is 376 g/mol. The van der Waals surface area contributed by atoms with Crippen LogP contribution in [0.3, 0.4) is 0 Å². The van der Waals surface area contributed by atoms with Crippen molar-refractivity contribution in [1.29, 1.82) is 0 Å². The average molecular weight is 377 g/mol. The van der Waals surface area contributed by atoms with Crippen LogP contribution in [-0.2, 0) is 4.43 Å². The highest BCUT2D eigenvalue weighted by Gasteiger charge is 2.38. The molecular formula is C22H36OSSi. The van der Waals surface area contributed by atoms with Crippen molar-refractivity contribution in [2.75, 3.05) is 12.4 Å². The van der Waals surface area contributed by atoms with Gasteiger partial charge in [-0.2, -0.15) is 0 Å². The van der Waals surface area contributed by atoms with E-state index in [9.17, 15) is 0 Å². The fourth-order valence-electron chi connectivity index (χ4n) is 3.20. The summed E-state index contributed by atoms with van der Waals surface area (Å²) >= 11 is 1.97. The van der Waals surface area contributed by atoms with Gasteiger partial charge >= 0.3 is 0 Å². The minimum absolute atomic E-state index is 0.276. The van der Waals surface area contributed by atoms with Gasteiger partial charge in [0.25, 0.3) is 0 Å². The maximum absolute atomic E-state index is 6.61. The summed E-state index contributed by atoms with van der Waals surface area (Å²) in [7, 11) is -1.69. The summed E-state index contributed by atoms with van der Waals surface area (Å²) in [5, 5.41) is 0.276. The highest BCUT2D eigenvalue weighted by atomic mass is 32.2. The molecule has 0 saturated carbocycles. The Bertz CT molecular complexity index is 584. The standard InChI is InChI=1S/C22H36OSSi/c1-17(2)20-14-13-18(16-24-19-11-9-8-10-12-19)21(20)15-23-25(6,7)22(3,4)5/h8-12,17,20H,13-16H2,1-7H3/t20-/m1/s1. The van der Waals surface area contributed by atoms with Gasteiger partial charge in [-0.05, 0) is 60.5 Å². The summed E-state index contributed by atoms with van der Waals surface area (Å²) in [6, 6.07) is 10.8. The van der Waals surface area contributed by atoms with E-state index in [2.05, 4.69) is 78.0 Å². The third-order valence-corrected chi connectivity index (χ3v) is 11.6. The Morgan fingerprint density at radius 1 is 1.16 bits per heavy atom. The van der Waals surface area contributed by atoms with E-state index in [1.807, 2.05) is 11.8 Å². The van der Waals surface area contributed by atoms with Crippen molar-refractivity contribution in [3.05, 3.63) is 41.5 Å². The molecule has 25 heavy (non-hydrogen) atoms. The van der Waals surface area contributed by atoms with Gasteiger partial charge in [-0.15, -0.1) is 11.8 Å². The lowest BCUT2D eigenvalue weighted by atomic mass is 9.90. The maximum atomic E-state index is 6.61. The first-order chi connectivity index (χ1) is 11.6. The molecule has 1 aromatic rings. The molecule has 0 aliphatic heterocycles. The molecule has 0 aromatic heterocycles. The Hall–Kier alpha value is -0.513. The highest BCUT2D eigenvalue weighted by molar-refractivity contribution is 7.99. The molecule has 1 aliphatic carbocycles. The van der Waals surface area contributed by atoms with Crippen LogP contribution in [-0.4, -0.2) is 20.7 Å². The first-order valence-electron chi connectivity index (χ1n) is 9.64. The van der Waals surface area contributed by atoms with E-state index >= 15 is 0 Å². The molecule has 3 heteroatoms. The Balaban J connectivity index is 2.11. The summed E-state index contributed by atoms with van der Waals surface area (Å²) in [6.07, 6.45) is 2.55. The van der Waals surface area contributed by atoms with Gasteiger partial charge in [-0.1, -0.05) is 58.4 Å². The van der Waals surface area contributed by atoms with Crippen molar-refractivity contribution >= 4 is 20.1 Å². The Labute approximate surface area is 160 Å². The molecule has 140 valence electrons. The van der Waals surface area contributed by atoms with Gasteiger partial charge in [0, 0.05) is 10.6 Å². The third-order valence-electron chi connectivity index (χ3n) is 6.01. The van der Waals surface area contributed by atoms with Crippen LogP contribution < -0.4 is 0 Å². The molecule has 0 unspecified atom stereocenters. The summed E-state index contributed by atoms with van der Waals surface area (Å²) in [6.45, 7) is 17.3. The Kier molecular flexibility index (Phi) is 7.03. The lowest BCUT2D eigenvalue weighted by molar-refractivity contribution is 0.293. The summed E-state index contributed by atoms with van der Waals surface area (Å²) < 4.78 is 6.61. The normalized spacial score (nSPS) is 19.1. The van der Waals surface area contributed by atoms with Crippen LogP contribution in [0.25, 0.3) is 0 Å². The van der Waals surface area contributed by atoms with Crippen LogP contribution in [0.2, 0.25) is 18.1 Å². The van der Waals surface area contributed by atoms with Crippen molar-refractivity contribution in [2.45, 2.75) is 70.5 Å². The Morgan fingerprint density at radius 3 is 2.36 bits per heavy atom. The molecule has 0 fully saturated rings. The number of hydrogen-bond donors (Lipinski definition) is 0. The maximum Gasteiger partial charge on any atom is 0.192 e. The molecule has 1 nitrogen and oxygen atoms in total. The van der Waals surface area contributed by atoms with Crippen LogP contribution in [0.1, 0.15) is 47.5 Å². The molecule has 0 saturated heterocycles. The predicted octanol–water partition coefficient (Wildman–Crippen LogP) is 7.16. The first-order valence-corrected chi connectivity index (χ1v) is 13.5. The molecule has 1 aliphatic rings. The zero-order chi connectivity index (χ0) is 18.7. The number of hydrogen-bond acceptors (Lipinski definition) is 2. The van der Waals surface area contributed by atoms with E-state index in [1.165, 1.54) is 17.7 Å². The molecule has 0 heterocycles. The second kappa shape index (κ2) is 8.45. The van der Waals surface area contributed by atoms with Gasteiger partial charge in [0.05, 0.1) is 6.61 Å². The fourth-order valence-corrected chi connectivity index (χ4v) is 5.17. The zero-order valence-corrected chi connectivity index (χ0v) is 19.0. The van der Waals surface area contributed by atoms with Gasteiger partial charge in [-0.3, -0.25) is 0 Å². The smallest absolute Gasteiger partial charge is 0.192 e. The van der Waals surface area contributed by atoms with E-state index in [0.29, 0.717) is 11.8 Å². The third kappa shape index (κ3) is 5.48. The van der Waals surface area contributed by atoms with Crippen molar-refractivity contribution in [3.8, 4) is 0 Å². The van der Waals surface area contributed by atoms with Crippen molar-refractivity contribution in [3.63, 3.8) is 0 Å². The van der Waals surface area contributed by atoms with Crippen LogP contribution >= 0.6 is 11.8 Å². The summed E-state index contributed by atoms with van der Waals surface area (Å²) in [5.41, 5.74) is 3.26. The lowest BCUT2D eigenvalue weighted by Gasteiger charge is -2.37. The molecule has 1 atom stereocenters. The fraction of sp³-hybridized carbons (Fsp3) is 0.636. The molecule has 1 aromatic carbocycles. The summed E-state index contributed by atoms with van der Waals surface area (Å²) in [5.74, 6) is 2.53. The minimum Gasteiger partial charge on any atom is -0.413 e. The van der Waals surface area contributed by atoms with Crippen LogP contribution in [0.5, 0.6) is 0 Å². The molecule has 0 N–H and O–H groups in total. The van der Waals surface area contributed by atoms with E-state index in [0.717, 1.165) is 12.4 Å². The van der Waals surface area contributed by atoms with Crippen LogP contribution in [0, 0.1) is 11.8 Å². The largest absolute Gasteiger partial charge is 0.413 e. The average Bonchev–Trinajstić information content (AvgIpc) is 2.94. The van der Waals surface area contributed by atoms with E-state index < -0.39 is 8.32 Å². The van der Waals surface area contributed by atoms with Crippen LogP contribution in [0.15, 0.2) is 46.4 Å². The number of rotatable bonds is 7. The minimum atomic E-state index is -1.69. The number of benzene rings is 1. The first kappa shape index (κ1) is 20.8. The SMILES string of the molecule is CC(C)[C@H]1CCC(CSc2ccccc2)=C1CO[Si](C)(C)C(C)(C)C. The van der Waals surface area contributed by atoms with E-state index in [-0.39, 0.29) is 5.04 Å². The Morgan fingerprint density at radius 2 is 1.80 bits per heavy atom. The highest BCUT2D eigenvalue weighted by Crippen LogP contribution is 2.42. The molecule has 0 spiro atoms. The zero-order valence-electron chi connectivity index (χ0n) is 17.2. The second-order valence-electron chi connectivity index (χ2n) is 9.17. The topological polar surface area (TPSA) is 9.23 Å². The van der Waals surface area contributed by atoms with Crippen molar-refractivity contribution in [1.82, 2.24) is 0 Å². The summed E-state index contributed by atoms with van der Waals surface area (Å²) in [4.78, 5) is 1.37. The molecule has 0 radical (unpaired) electrons. The molecule has 0 amide bonds. The predicted molar refractivity (Wildman–Crippen MR) is 115 cm³/mol. The quantitative estimate of drug-likeness (QED) is 0.283. The van der Waals surface area contributed by atoms with Gasteiger partial charge in [0.15, 0.2) is 8.32 Å². The molecule has 2 rings (SSSR count). The van der Waals surface area contributed by atoms with E-state index in [1.54, 1.807) is 11.1 Å². The van der Waals surface area contributed by atoms with Crippen molar-refractivity contribution in [2.24, 2.45) is 11.8 Å². The van der Waals surface area contributed by atoms with Gasteiger partial charge in [0.2, 0.25) is 0 Å². The van der Waals surface area contributed by atoms with Gasteiger partial charge < -0.3 is 4.43 Å². The van der Waals surface area contributed by atoms with E-state index in [4.69, 9.17) is 4.43 Å². The molecular weight excluding hydrogens is 340 g/mol. The van der Waals surface area contributed by atoms with Gasteiger partial charge in [0.1, 0.15) is 0 Å². The van der Waals surface area contributed by atoms with Gasteiger partial charge in [-0.25, -0.2) is 0 Å². The number of thioether (sulfide) groups is 1. The second-order valence-corrected chi connectivity index (χ2v) is 15.0. The lowest BCUT2D eigenvalue weighted by Crippen LogP contribution is -2.41. The van der Waals surface area contributed by atoms with Crippen molar-refractivity contribution < 1.29 is 4.43 Å². The molecule has 0 bridgehead atoms. The van der Waals surface area contributed by atoms with Crippen LogP contribution in [0.4, 0.5) is 0 Å².